The highest BCUT2D eigenvalue weighted by atomic mass is 32.2. The fourth-order valence-corrected chi connectivity index (χ4v) is 2.62. The summed E-state index contributed by atoms with van der Waals surface area (Å²) in [7, 11) is -3.03. The largest absolute Gasteiger partial charge is 0.326 e. The van der Waals surface area contributed by atoms with Gasteiger partial charge in [-0.05, 0) is 5.41 Å². The molecule has 1 rings (SSSR count). The molecule has 6 heteroatoms. The van der Waals surface area contributed by atoms with Crippen LogP contribution in [0.25, 0.3) is 0 Å². The Morgan fingerprint density at radius 3 is 2.00 bits per heavy atom. The molecule has 0 bridgehead atoms. The predicted molar refractivity (Wildman–Crippen MR) is 70.3 cm³/mol. The molecular weight excluding hydrogens is 238 g/mol. The van der Waals surface area contributed by atoms with Gasteiger partial charge in [0.1, 0.15) is 0 Å². The molecule has 1 aliphatic rings. The van der Waals surface area contributed by atoms with Gasteiger partial charge in [-0.1, -0.05) is 20.8 Å². The molecule has 0 spiro atoms. The van der Waals surface area contributed by atoms with Gasteiger partial charge >= 0.3 is 0 Å². The smallest absolute Gasteiger partial charge is 0.211 e. The summed E-state index contributed by atoms with van der Waals surface area (Å²) in [5.74, 6) is 0. The lowest BCUT2D eigenvalue weighted by atomic mass is 9.87. The van der Waals surface area contributed by atoms with E-state index < -0.39 is 10.0 Å². The van der Waals surface area contributed by atoms with E-state index in [4.69, 9.17) is 5.73 Å². The third kappa shape index (κ3) is 4.54. The second kappa shape index (κ2) is 5.22. The Morgan fingerprint density at radius 2 is 1.65 bits per heavy atom. The lowest BCUT2D eigenvalue weighted by Gasteiger charge is -2.37. The van der Waals surface area contributed by atoms with Crippen LogP contribution in [0.5, 0.6) is 0 Å². The molecule has 1 saturated heterocycles. The van der Waals surface area contributed by atoms with Crippen molar-refractivity contribution in [3.05, 3.63) is 0 Å². The molecule has 2 N–H and O–H groups in total. The van der Waals surface area contributed by atoms with E-state index in [2.05, 4.69) is 25.7 Å². The first-order chi connectivity index (χ1) is 7.60. The van der Waals surface area contributed by atoms with Gasteiger partial charge in [-0.2, -0.15) is 4.31 Å². The zero-order valence-electron chi connectivity index (χ0n) is 11.3. The molecule has 1 fully saturated rings. The van der Waals surface area contributed by atoms with E-state index in [1.54, 1.807) is 0 Å². The number of rotatable bonds is 3. The van der Waals surface area contributed by atoms with E-state index in [9.17, 15) is 8.42 Å². The highest BCUT2D eigenvalue weighted by Gasteiger charge is 2.27. The van der Waals surface area contributed by atoms with E-state index >= 15 is 0 Å². The Balaban J connectivity index is 2.43. The Kier molecular flexibility index (Phi) is 4.57. The fraction of sp³-hybridized carbons (Fsp3) is 1.00. The molecule has 1 heterocycles. The number of sulfonamides is 1. The van der Waals surface area contributed by atoms with Crippen LogP contribution in [0.4, 0.5) is 0 Å². The summed E-state index contributed by atoms with van der Waals surface area (Å²) < 4.78 is 24.2. The van der Waals surface area contributed by atoms with Crippen molar-refractivity contribution in [2.45, 2.75) is 26.8 Å². The summed E-state index contributed by atoms with van der Waals surface area (Å²) >= 11 is 0. The van der Waals surface area contributed by atoms with E-state index in [1.165, 1.54) is 10.6 Å². The topological polar surface area (TPSA) is 66.6 Å². The van der Waals surface area contributed by atoms with Gasteiger partial charge in [-0.15, -0.1) is 0 Å². The number of nitrogens with zero attached hydrogens (tertiary/aromatic N) is 2. The van der Waals surface area contributed by atoms with Gasteiger partial charge in [-0.25, -0.2) is 8.42 Å². The minimum atomic E-state index is -3.03. The van der Waals surface area contributed by atoms with Gasteiger partial charge in [0, 0.05) is 38.8 Å². The molecule has 0 saturated carbocycles. The van der Waals surface area contributed by atoms with Gasteiger partial charge < -0.3 is 5.73 Å². The Labute approximate surface area is 105 Å². The minimum absolute atomic E-state index is 0.0912. The van der Waals surface area contributed by atoms with Crippen LogP contribution < -0.4 is 5.73 Å². The van der Waals surface area contributed by atoms with Gasteiger partial charge in [0.25, 0.3) is 0 Å². The van der Waals surface area contributed by atoms with Crippen LogP contribution in [0.2, 0.25) is 0 Å². The zero-order valence-corrected chi connectivity index (χ0v) is 12.1. The first-order valence-corrected chi connectivity index (χ1v) is 7.88. The van der Waals surface area contributed by atoms with Gasteiger partial charge in [0.2, 0.25) is 10.0 Å². The highest BCUT2D eigenvalue weighted by Crippen LogP contribution is 2.18. The molecule has 1 unspecified atom stereocenters. The Hall–Kier alpha value is -0.170. The zero-order chi connectivity index (χ0) is 13.3. The van der Waals surface area contributed by atoms with Crippen LogP contribution in [0.1, 0.15) is 20.8 Å². The third-order valence-electron chi connectivity index (χ3n) is 3.37. The maximum Gasteiger partial charge on any atom is 0.211 e. The molecule has 0 aromatic rings. The van der Waals surface area contributed by atoms with Crippen molar-refractivity contribution in [1.82, 2.24) is 9.21 Å². The monoisotopic (exact) mass is 263 g/mol. The predicted octanol–water partition coefficient (Wildman–Crippen LogP) is -0.0630. The summed E-state index contributed by atoms with van der Waals surface area (Å²) in [5.41, 5.74) is 6.22. The molecule has 102 valence electrons. The average Bonchev–Trinajstić information content (AvgIpc) is 2.15. The maximum atomic E-state index is 11.4. The molecule has 17 heavy (non-hydrogen) atoms. The van der Waals surface area contributed by atoms with Crippen molar-refractivity contribution >= 4 is 10.0 Å². The molecule has 5 nitrogen and oxygen atoms in total. The van der Waals surface area contributed by atoms with E-state index in [0.717, 1.165) is 19.6 Å². The first kappa shape index (κ1) is 14.9. The summed E-state index contributed by atoms with van der Waals surface area (Å²) in [6.45, 7) is 9.93. The SMILES string of the molecule is CC(C)(C)C(N)CN1CCN(S(C)(=O)=O)CC1. The minimum Gasteiger partial charge on any atom is -0.326 e. The number of nitrogens with two attached hydrogens (primary N) is 1. The molecule has 1 atom stereocenters. The number of piperazine rings is 1. The van der Waals surface area contributed by atoms with Crippen molar-refractivity contribution in [3.63, 3.8) is 0 Å². The van der Waals surface area contributed by atoms with Gasteiger partial charge in [0.05, 0.1) is 6.26 Å². The van der Waals surface area contributed by atoms with Crippen LogP contribution in [0, 0.1) is 5.41 Å². The van der Waals surface area contributed by atoms with Crippen LogP contribution in [-0.2, 0) is 10.0 Å². The maximum absolute atomic E-state index is 11.4. The van der Waals surface area contributed by atoms with Crippen molar-refractivity contribution in [2.24, 2.45) is 11.1 Å². The van der Waals surface area contributed by atoms with Crippen LogP contribution in [-0.4, -0.2) is 62.6 Å². The lowest BCUT2D eigenvalue weighted by molar-refractivity contribution is 0.151. The molecule has 0 amide bonds. The Bertz CT molecular complexity index is 340. The lowest BCUT2D eigenvalue weighted by Crippen LogP contribution is -2.53. The molecule has 0 radical (unpaired) electrons. The number of hydrogen-bond donors (Lipinski definition) is 1. The second-order valence-corrected chi connectivity index (χ2v) is 7.92. The van der Waals surface area contributed by atoms with Crippen LogP contribution >= 0.6 is 0 Å². The molecule has 0 aliphatic carbocycles. The molecule has 0 aromatic heterocycles. The summed E-state index contributed by atoms with van der Waals surface area (Å²) in [6.07, 6.45) is 1.27. The van der Waals surface area contributed by atoms with Crippen molar-refractivity contribution in [2.75, 3.05) is 39.0 Å². The molecule has 1 aliphatic heterocycles. The number of hydrogen-bond acceptors (Lipinski definition) is 4. The summed E-state index contributed by atoms with van der Waals surface area (Å²) in [4.78, 5) is 2.25. The highest BCUT2D eigenvalue weighted by molar-refractivity contribution is 7.88. The summed E-state index contributed by atoms with van der Waals surface area (Å²) in [5, 5.41) is 0. The summed E-state index contributed by atoms with van der Waals surface area (Å²) in [6, 6.07) is 0.118. The first-order valence-electron chi connectivity index (χ1n) is 6.04. The average molecular weight is 263 g/mol. The fourth-order valence-electron chi connectivity index (χ4n) is 1.80. The third-order valence-corrected chi connectivity index (χ3v) is 4.67. The van der Waals surface area contributed by atoms with Gasteiger partial charge in [0.15, 0.2) is 0 Å². The van der Waals surface area contributed by atoms with Gasteiger partial charge in [-0.3, -0.25) is 4.90 Å². The Morgan fingerprint density at radius 1 is 1.18 bits per heavy atom. The van der Waals surface area contributed by atoms with E-state index in [0.29, 0.717) is 13.1 Å². The molecule has 0 aromatic carbocycles. The van der Waals surface area contributed by atoms with E-state index in [-0.39, 0.29) is 11.5 Å². The van der Waals surface area contributed by atoms with E-state index in [1.807, 2.05) is 0 Å². The normalized spacial score (nSPS) is 22.6. The second-order valence-electron chi connectivity index (χ2n) is 5.94. The molecular formula is C11H25N3O2S. The van der Waals surface area contributed by atoms with Crippen molar-refractivity contribution in [3.8, 4) is 0 Å². The van der Waals surface area contributed by atoms with Crippen molar-refractivity contribution < 1.29 is 8.42 Å². The van der Waals surface area contributed by atoms with Crippen LogP contribution in [0.15, 0.2) is 0 Å². The standard InChI is InChI=1S/C11H25N3O2S/c1-11(2,3)10(12)9-13-5-7-14(8-6-13)17(4,15)16/h10H,5-9,12H2,1-4H3. The quantitative estimate of drug-likeness (QED) is 0.774. The van der Waals surface area contributed by atoms with Crippen molar-refractivity contribution in [1.29, 1.82) is 0 Å². The van der Waals surface area contributed by atoms with Crippen LogP contribution in [0.3, 0.4) is 0 Å².